The van der Waals surface area contributed by atoms with Gasteiger partial charge in [0.1, 0.15) is 0 Å². The van der Waals surface area contributed by atoms with E-state index in [-0.39, 0.29) is 29.9 Å². The number of furan rings is 1. The predicted molar refractivity (Wildman–Crippen MR) is 111 cm³/mol. The van der Waals surface area contributed by atoms with Gasteiger partial charge in [0.15, 0.2) is 11.7 Å². The highest BCUT2D eigenvalue weighted by atomic mass is 127. The van der Waals surface area contributed by atoms with Crippen LogP contribution in [0.1, 0.15) is 23.0 Å². The van der Waals surface area contributed by atoms with Crippen LogP contribution in [0.25, 0.3) is 0 Å². The minimum absolute atomic E-state index is 0. The first-order valence-electron chi connectivity index (χ1n) is 7.78. The van der Waals surface area contributed by atoms with E-state index in [1.807, 2.05) is 31.2 Å². The number of guanidine groups is 1. The van der Waals surface area contributed by atoms with E-state index in [2.05, 4.69) is 20.9 Å². The van der Waals surface area contributed by atoms with Gasteiger partial charge in [0.2, 0.25) is 0 Å². The molecule has 8 heteroatoms. The number of carbonyl (C=O) groups excluding carboxylic acids is 1. The first kappa shape index (κ1) is 21.3. The van der Waals surface area contributed by atoms with Crippen LogP contribution in [0, 0.1) is 0 Å². The molecule has 3 N–H and O–H groups in total. The minimum Gasteiger partial charge on any atom is -0.459 e. The van der Waals surface area contributed by atoms with Crippen LogP contribution in [0.4, 0.5) is 0 Å². The van der Waals surface area contributed by atoms with Crippen LogP contribution in [0.2, 0.25) is 5.02 Å². The summed E-state index contributed by atoms with van der Waals surface area (Å²) >= 11 is 6.13. The molecule has 1 heterocycles. The van der Waals surface area contributed by atoms with Crippen LogP contribution in [0.3, 0.4) is 0 Å². The van der Waals surface area contributed by atoms with Gasteiger partial charge < -0.3 is 20.4 Å². The third-order valence-electron chi connectivity index (χ3n) is 3.16. The summed E-state index contributed by atoms with van der Waals surface area (Å²) in [4.78, 5) is 16.2. The maximum Gasteiger partial charge on any atom is 0.287 e. The van der Waals surface area contributed by atoms with Gasteiger partial charge in [-0.15, -0.1) is 24.0 Å². The number of hydrogen-bond donors (Lipinski definition) is 3. The molecule has 0 saturated heterocycles. The maximum atomic E-state index is 11.7. The second-order valence-electron chi connectivity index (χ2n) is 4.95. The molecule has 136 valence electrons. The quantitative estimate of drug-likeness (QED) is 0.248. The van der Waals surface area contributed by atoms with E-state index in [1.165, 1.54) is 6.26 Å². The molecule has 2 rings (SSSR count). The van der Waals surface area contributed by atoms with Gasteiger partial charge in [-0.05, 0) is 30.7 Å². The monoisotopic (exact) mass is 476 g/mol. The van der Waals surface area contributed by atoms with Gasteiger partial charge in [-0.25, -0.2) is 4.99 Å². The lowest BCUT2D eigenvalue weighted by Gasteiger charge is -2.12. The van der Waals surface area contributed by atoms with Gasteiger partial charge in [0.05, 0.1) is 12.8 Å². The number of aliphatic imine (C=N–C) groups is 1. The van der Waals surface area contributed by atoms with Gasteiger partial charge in [-0.1, -0.05) is 29.8 Å². The average molecular weight is 477 g/mol. The SMILES string of the molecule is CCNC(=NCc1ccccc1Cl)NCCNC(=O)c1ccco1.I. The molecule has 0 saturated carbocycles. The van der Waals surface area contributed by atoms with E-state index >= 15 is 0 Å². The van der Waals surface area contributed by atoms with E-state index in [0.29, 0.717) is 36.4 Å². The van der Waals surface area contributed by atoms with Crippen LogP contribution in [-0.2, 0) is 6.54 Å². The molecule has 2 aromatic rings. The van der Waals surface area contributed by atoms with Crippen molar-refractivity contribution in [2.24, 2.45) is 4.99 Å². The molecular formula is C17H22ClIN4O2. The fourth-order valence-electron chi connectivity index (χ4n) is 1.98. The van der Waals surface area contributed by atoms with Crippen LogP contribution in [0.15, 0.2) is 52.1 Å². The number of nitrogens with zero attached hydrogens (tertiary/aromatic N) is 1. The Bertz CT molecular complexity index is 677. The molecule has 1 aromatic heterocycles. The van der Waals surface area contributed by atoms with Crippen molar-refractivity contribution in [1.29, 1.82) is 0 Å². The Morgan fingerprint density at radius 2 is 1.88 bits per heavy atom. The van der Waals surface area contributed by atoms with Crippen molar-refractivity contribution in [1.82, 2.24) is 16.0 Å². The van der Waals surface area contributed by atoms with Gasteiger partial charge in [0.25, 0.3) is 5.91 Å². The van der Waals surface area contributed by atoms with Gasteiger partial charge in [0, 0.05) is 24.7 Å². The molecule has 0 bridgehead atoms. The molecule has 0 aliphatic carbocycles. The molecule has 6 nitrogen and oxygen atoms in total. The topological polar surface area (TPSA) is 78.7 Å². The summed E-state index contributed by atoms with van der Waals surface area (Å²) < 4.78 is 5.03. The van der Waals surface area contributed by atoms with E-state index in [4.69, 9.17) is 16.0 Å². The number of hydrogen-bond acceptors (Lipinski definition) is 3. The standard InChI is InChI=1S/C17H21ClN4O2.HI/c1-2-19-17(22-12-13-6-3-4-7-14(13)18)21-10-9-20-16(23)15-8-5-11-24-15;/h3-8,11H,2,9-10,12H2,1H3,(H,20,23)(H2,19,21,22);1H. The van der Waals surface area contributed by atoms with Crippen LogP contribution in [-0.4, -0.2) is 31.5 Å². The van der Waals surface area contributed by atoms with Crippen molar-refractivity contribution in [3.8, 4) is 0 Å². The van der Waals surface area contributed by atoms with Crippen molar-refractivity contribution in [3.63, 3.8) is 0 Å². The summed E-state index contributed by atoms with van der Waals surface area (Å²) in [5.41, 5.74) is 0.961. The lowest BCUT2D eigenvalue weighted by atomic mass is 10.2. The highest BCUT2D eigenvalue weighted by molar-refractivity contribution is 14.0. The number of nitrogens with one attached hydrogen (secondary N) is 3. The molecule has 1 aromatic carbocycles. The van der Waals surface area contributed by atoms with Crippen molar-refractivity contribution in [3.05, 3.63) is 59.0 Å². The molecule has 0 spiro atoms. The molecule has 25 heavy (non-hydrogen) atoms. The fraction of sp³-hybridized carbons (Fsp3) is 0.294. The molecule has 1 amide bonds. The number of rotatable bonds is 7. The third-order valence-corrected chi connectivity index (χ3v) is 3.53. The van der Waals surface area contributed by atoms with Crippen LogP contribution in [0.5, 0.6) is 0 Å². The Morgan fingerprint density at radius 3 is 2.56 bits per heavy atom. The normalized spacial score (nSPS) is 10.7. The Morgan fingerprint density at radius 1 is 1.12 bits per heavy atom. The second-order valence-corrected chi connectivity index (χ2v) is 5.35. The molecule has 0 aliphatic heterocycles. The lowest BCUT2D eigenvalue weighted by Crippen LogP contribution is -2.41. The predicted octanol–water partition coefficient (Wildman–Crippen LogP) is 3.04. The zero-order valence-corrected chi connectivity index (χ0v) is 17.0. The molecule has 0 unspecified atom stereocenters. The lowest BCUT2D eigenvalue weighted by molar-refractivity contribution is 0.0926. The van der Waals surface area contributed by atoms with E-state index in [1.54, 1.807) is 12.1 Å². The van der Waals surface area contributed by atoms with Crippen LogP contribution >= 0.6 is 35.6 Å². The van der Waals surface area contributed by atoms with Crippen molar-refractivity contribution in [2.45, 2.75) is 13.5 Å². The van der Waals surface area contributed by atoms with Crippen molar-refractivity contribution in [2.75, 3.05) is 19.6 Å². The van der Waals surface area contributed by atoms with Crippen molar-refractivity contribution >= 4 is 47.4 Å². The molecule has 0 atom stereocenters. The first-order valence-corrected chi connectivity index (χ1v) is 8.15. The molecular weight excluding hydrogens is 455 g/mol. The summed E-state index contributed by atoms with van der Waals surface area (Å²) in [7, 11) is 0. The minimum atomic E-state index is -0.236. The summed E-state index contributed by atoms with van der Waals surface area (Å²) in [6.45, 7) is 4.21. The van der Waals surface area contributed by atoms with Crippen LogP contribution < -0.4 is 16.0 Å². The number of carbonyl (C=O) groups is 1. The van der Waals surface area contributed by atoms with Gasteiger partial charge in [-0.2, -0.15) is 0 Å². The molecule has 0 fully saturated rings. The Labute approximate surface area is 169 Å². The smallest absolute Gasteiger partial charge is 0.287 e. The largest absolute Gasteiger partial charge is 0.459 e. The highest BCUT2D eigenvalue weighted by Gasteiger charge is 2.07. The average Bonchev–Trinajstić information content (AvgIpc) is 3.12. The summed E-state index contributed by atoms with van der Waals surface area (Å²) in [6, 6.07) is 10.9. The number of halogens is 2. The molecule has 0 radical (unpaired) electrons. The summed E-state index contributed by atoms with van der Waals surface area (Å²) in [5.74, 6) is 0.735. The highest BCUT2D eigenvalue weighted by Crippen LogP contribution is 2.15. The zero-order valence-electron chi connectivity index (χ0n) is 13.9. The third kappa shape index (κ3) is 7.35. The zero-order chi connectivity index (χ0) is 17.2. The first-order chi connectivity index (χ1) is 11.7. The van der Waals surface area contributed by atoms with E-state index in [0.717, 1.165) is 12.1 Å². The summed E-state index contributed by atoms with van der Waals surface area (Å²) in [6.07, 6.45) is 1.47. The Balaban J connectivity index is 0.00000312. The molecule has 0 aliphatic rings. The summed E-state index contributed by atoms with van der Waals surface area (Å²) in [5, 5.41) is 9.78. The van der Waals surface area contributed by atoms with E-state index in [9.17, 15) is 4.79 Å². The Kier molecular flexibility index (Phi) is 10.0. The van der Waals surface area contributed by atoms with Gasteiger partial charge in [-0.3, -0.25) is 4.79 Å². The Hall–Kier alpha value is -1.74. The fourth-order valence-corrected chi connectivity index (χ4v) is 2.18. The van der Waals surface area contributed by atoms with Crippen molar-refractivity contribution < 1.29 is 9.21 Å². The van der Waals surface area contributed by atoms with E-state index < -0.39 is 0 Å². The van der Waals surface area contributed by atoms with Gasteiger partial charge >= 0.3 is 0 Å². The maximum absolute atomic E-state index is 11.7. The number of benzene rings is 1. The number of amides is 1. The second kappa shape index (κ2) is 11.8.